The zero-order valence-corrected chi connectivity index (χ0v) is 8.79. The summed E-state index contributed by atoms with van der Waals surface area (Å²) in [7, 11) is 0. The van der Waals surface area contributed by atoms with Crippen molar-refractivity contribution in [3.63, 3.8) is 0 Å². The Balaban J connectivity index is 2.25. The summed E-state index contributed by atoms with van der Waals surface area (Å²) in [6, 6.07) is 0. The van der Waals surface area contributed by atoms with E-state index in [0.717, 1.165) is 25.8 Å². The lowest BCUT2D eigenvalue weighted by Gasteiger charge is -2.32. The molecule has 0 radical (unpaired) electrons. The second kappa shape index (κ2) is 6.00. The average molecular weight is 220 g/mol. The Morgan fingerprint density at radius 2 is 2.27 bits per heavy atom. The maximum atomic E-state index is 12.1. The maximum absolute atomic E-state index is 12.1. The van der Waals surface area contributed by atoms with Crippen molar-refractivity contribution in [2.24, 2.45) is 11.7 Å². The van der Waals surface area contributed by atoms with Crippen LogP contribution in [0.1, 0.15) is 25.7 Å². The van der Waals surface area contributed by atoms with Crippen LogP contribution in [0.3, 0.4) is 0 Å². The second-order valence-corrected chi connectivity index (χ2v) is 4.16. The smallest absolute Gasteiger partial charge is 0.251 e. The van der Waals surface area contributed by atoms with Crippen LogP contribution in [0.2, 0.25) is 0 Å². The van der Waals surface area contributed by atoms with Crippen LogP contribution in [-0.4, -0.2) is 36.9 Å². The molecule has 15 heavy (non-hydrogen) atoms. The Labute approximate surface area is 88.6 Å². The highest BCUT2D eigenvalue weighted by Crippen LogP contribution is 2.21. The minimum atomic E-state index is -2.26. The summed E-state index contributed by atoms with van der Waals surface area (Å²) in [5.74, 6) is 0.0472. The molecule has 0 aromatic rings. The zero-order valence-electron chi connectivity index (χ0n) is 8.79. The Kier molecular flexibility index (Phi) is 4.94. The summed E-state index contributed by atoms with van der Waals surface area (Å²) < 4.78 is 24.3. The highest BCUT2D eigenvalue weighted by atomic mass is 19.3. The van der Waals surface area contributed by atoms with Gasteiger partial charge in [0.2, 0.25) is 5.91 Å². The summed E-state index contributed by atoms with van der Waals surface area (Å²) in [5, 5.41) is 0. The van der Waals surface area contributed by atoms with Crippen molar-refractivity contribution in [2.45, 2.75) is 32.1 Å². The van der Waals surface area contributed by atoms with Gasteiger partial charge in [0.25, 0.3) is 6.43 Å². The number of likely N-dealkylation sites (tertiary alicyclic amines) is 1. The number of piperidine rings is 1. The van der Waals surface area contributed by atoms with Crippen LogP contribution in [-0.2, 0) is 4.79 Å². The third-order valence-electron chi connectivity index (χ3n) is 2.80. The first-order chi connectivity index (χ1) is 7.08. The van der Waals surface area contributed by atoms with Gasteiger partial charge in [-0.25, -0.2) is 8.78 Å². The van der Waals surface area contributed by atoms with Crippen molar-refractivity contribution in [1.29, 1.82) is 0 Å². The van der Waals surface area contributed by atoms with Crippen molar-refractivity contribution in [3.05, 3.63) is 0 Å². The number of primary amides is 1. The molecule has 1 rings (SSSR count). The number of rotatable bonds is 5. The summed E-state index contributed by atoms with van der Waals surface area (Å²) in [5.41, 5.74) is 5.05. The minimum absolute atomic E-state index is 0.146. The Morgan fingerprint density at radius 3 is 2.87 bits per heavy atom. The van der Waals surface area contributed by atoms with E-state index in [0.29, 0.717) is 18.9 Å². The first-order valence-corrected chi connectivity index (χ1v) is 5.36. The number of hydrogen-bond donors (Lipinski definition) is 1. The second-order valence-electron chi connectivity index (χ2n) is 4.16. The Morgan fingerprint density at radius 1 is 1.53 bits per heavy atom. The van der Waals surface area contributed by atoms with Crippen LogP contribution in [0.4, 0.5) is 8.78 Å². The molecule has 1 unspecified atom stereocenters. The largest absolute Gasteiger partial charge is 0.370 e. The molecule has 1 atom stereocenters. The van der Waals surface area contributed by atoms with Crippen LogP contribution >= 0.6 is 0 Å². The highest BCUT2D eigenvalue weighted by Gasteiger charge is 2.22. The fourth-order valence-electron chi connectivity index (χ4n) is 2.09. The van der Waals surface area contributed by atoms with Crippen molar-refractivity contribution in [3.8, 4) is 0 Å². The molecular weight excluding hydrogens is 202 g/mol. The topological polar surface area (TPSA) is 46.3 Å². The van der Waals surface area contributed by atoms with Gasteiger partial charge in [0.05, 0.1) is 6.54 Å². The molecule has 1 fully saturated rings. The predicted molar refractivity (Wildman–Crippen MR) is 53.6 cm³/mol. The lowest BCUT2D eigenvalue weighted by Crippen LogP contribution is -2.38. The molecule has 1 heterocycles. The van der Waals surface area contributed by atoms with Gasteiger partial charge < -0.3 is 5.73 Å². The molecule has 0 spiro atoms. The summed E-state index contributed by atoms with van der Waals surface area (Å²) in [6.07, 6.45) is 0.797. The van der Waals surface area contributed by atoms with Gasteiger partial charge in [-0.1, -0.05) is 0 Å². The third kappa shape index (κ3) is 5.06. The highest BCUT2D eigenvalue weighted by molar-refractivity contribution is 5.73. The van der Waals surface area contributed by atoms with E-state index in [1.807, 2.05) is 0 Å². The van der Waals surface area contributed by atoms with Gasteiger partial charge in [-0.15, -0.1) is 0 Å². The number of amides is 1. The average Bonchev–Trinajstić information content (AvgIpc) is 2.14. The fourth-order valence-corrected chi connectivity index (χ4v) is 2.09. The van der Waals surface area contributed by atoms with Gasteiger partial charge in [-0.05, 0) is 31.7 Å². The monoisotopic (exact) mass is 220 g/mol. The van der Waals surface area contributed by atoms with Gasteiger partial charge in [-0.2, -0.15) is 0 Å². The molecule has 0 bridgehead atoms. The van der Waals surface area contributed by atoms with Gasteiger partial charge in [0, 0.05) is 13.0 Å². The number of carbonyl (C=O) groups excluding carboxylic acids is 1. The van der Waals surface area contributed by atoms with Crippen molar-refractivity contribution < 1.29 is 13.6 Å². The third-order valence-corrected chi connectivity index (χ3v) is 2.80. The molecule has 88 valence electrons. The van der Waals surface area contributed by atoms with E-state index < -0.39 is 6.43 Å². The summed E-state index contributed by atoms with van der Waals surface area (Å²) in [4.78, 5) is 12.4. The van der Waals surface area contributed by atoms with Crippen LogP contribution in [0, 0.1) is 5.92 Å². The molecule has 3 nitrogen and oxygen atoms in total. The van der Waals surface area contributed by atoms with E-state index in [1.54, 1.807) is 4.90 Å². The number of nitrogens with two attached hydrogens (primary N) is 1. The number of halogens is 2. The lowest BCUT2D eigenvalue weighted by atomic mass is 9.93. The molecule has 1 aliphatic heterocycles. The van der Waals surface area contributed by atoms with Crippen molar-refractivity contribution in [2.75, 3.05) is 19.6 Å². The minimum Gasteiger partial charge on any atom is -0.370 e. The standard InChI is InChI=1S/C10H18F2N2O/c11-9(12)7-14-5-1-2-8(6-14)3-4-10(13)15/h8-9H,1-7H2,(H2,13,15). The Hall–Kier alpha value is -0.710. The first kappa shape index (κ1) is 12.4. The van der Waals surface area contributed by atoms with Gasteiger partial charge in [-0.3, -0.25) is 9.69 Å². The van der Waals surface area contributed by atoms with E-state index >= 15 is 0 Å². The van der Waals surface area contributed by atoms with E-state index in [9.17, 15) is 13.6 Å². The molecule has 1 aliphatic rings. The number of hydrogen-bond acceptors (Lipinski definition) is 2. The number of alkyl halides is 2. The first-order valence-electron chi connectivity index (χ1n) is 5.36. The molecule has 1 saturated heterocycles. The van der Waals surface area contributed by atoms with Gasteiger partial charge in [0.1, 0.15) is 0 Å². The van der Waals surface area contributed by atoms with E-state index in [4.69, 9.17) is 5.73 Å². The lowest BCUT2D eigenvalue weighted by molar-refractivity contribution is -0.118. The maximum Gasteiger partial charge on any atom is 0.251 e. The van der Waals surface area contributed by atoms with Crippen LogP contribution in [0.15, 0.2) is 0 Å². The summed E-state index contributed by atoms with van der Waals surface area (Å²) in [6.45, 7) is 1.28. The van der Waals surface area contributed by atoms with Crippen molar-refractivity contribution >= 4 is 5.91 Å². The van der Waals surface area contributed by atoms with Crippen molar-refractivity contribution in [1.82, 2.24) is 4.90 Å². The quantitative estimate of drug-likeness (QED) is 0.757. The molecule has 0 aliphatic carbocycles. The van der Waals surface area contributed by atoms with E-state index in [1.165, 1.54) is 0 Å². The fraction of sp³-hybridized carbons (Fsp3) is 0.900. The number of nitrogens with zero attached hydrogens (tertiary/aromatic N) is 1. The summed E-state index contributed by atoms with van der Waals surface area (Å²) >= 11 is 0. The van der Waals surface area contributed by atoms with Crippen LogP contribution in [0.25, 0.3) is 0 Å². The molecule has 2 N–H and O–H groups in total. The van der Waals surface area contributed by atoms with Crippen LogP contribution < -0.4 is 5.73 Å². The molecule has 5 heteroatoms. The normalized spacial score (nSPS) is 23.3. The molecule has 0 aromatic heterocycles. The SMILES string of the molecule is NC(=O)CCC1CCCN(CC(F)F)C1. The van der Waals surface area contributed by atoms with Gasteiger partial charge in [0.15, 0.2) is 0 Å². The van der Waals surface area contributed by atoms with Crippen LogP contribution in [0.5, 0.6) is 0 Å². The van der Waals surface area contributed by atoms with E-state index in [-0.39, 0.29) is 12.5 Å². The molecule has 1 amide bonds. The molecule has 0 aromatic carbocycles. The predicted octanol–water partition coefficient (Wildman–Crippen LogP) is 1.23. The molecule has 0 saturated carbocycles. The Bertz CT molecular complexity index is 212. The molecular formula is C10H18F2N2O. The van der Waals surface area contributed by atoms with E-state index in [2.05, 4.69) is 0 Å². The number of carbonyl (C=O) groups is 1. The van der Waals surface area contributed by atoms with Gasteiger partial charge >= 0.3 is 0 Å². The zero-order chi connectivity index (χ0) is 11.3.